The Labute approximate surface area is 203 Å². The fourth-order valence-electron chi connectivity index (χ4n) is 5.88. The van der Waals surface area contributed by atoms with Crippen LogP contribution in [0.5, 0.6) is 0 Å². The van der Waals surface area contributed by atoms with Gasteiger partial charge in [-0.15, -0.1) is 0 Å². The van der Waals surface area contributed by atoms with E-state index in [0.717, 1.165) is 78.8 Å². The molecular formula is C25H31N9O. The van der Waals surface area contributed by atoms with Crippen LogP contribution >= 0.6 is 0 Å². The fraction of sp³-hybridized carbons (Fsp3) is 0.520. The summed E-state index contributed by atoms with van der Waals surface area (Å²) in [6.45, 7) is 8.10. The molecule has 2 atom stereocenters. The Kier molecular flexibility index (Phi) is 5.00. The van der Waals surface area contributed by atoms with Crippen LogP contribution in [0, 0.1) is 0 Å². The first-order chi connectivity index (χ1) is 17.2. The number of piperazine rings is 1. The number of nitrogens with one attached hydrogen (secondary N) is 1. The maximum absolute atomic E-state index is 5.64. The number of likely N-dealkylation sites (tertiary alicyclic amines) is 1. The third-order valence-electron chi connectivity index (χ3n) is 7.75. The normalized spacial score (nSPS) is 22.7. The summed E-state index contributed by atoms with van der Waals surface area (Å²) in [7, 11) is 2.09. The van der Waals surface area contributed by atoms with E-state index in [1.807, 2.05) is 18.2 Å². The number of hydrogen-bond donors (Lipinski definition) is 1. The number of ether oxygens (including phenoxy) is 1. The molecule has 3 saturated heterocycles. The lowest BCUT2D eigenvalue weighted by Crippen LogP contribution is -2.43. The summed E-state index contributed by atoms with van der Waals surface area (Å²) in [5.41, 5.74) is 3.73. The molecule has 1 aromatic carbocycles. The molecule has 0 amide bonds. The first kappa shape index (κ1) is 21.2. The van der Waals surface area contributed by atoms with Crippen molar-refractivity contribution in [1.29, 1.82) is 0 Å². The van der Waals surface area contributed by atoms with Crippen molar-refractivity contribution in [3.05, 3.63) is 35.9 Å². The number of morpholine rings is 1. The SMILES string of the molecule is CCc1nc2ccccc2n1-c1nc(N2CCOCC2)c2nc(CN3C[C@@H]4C[C@H]3CN4)n(C)c2n1. The van der Waals surface area contributed by atoms with E-state index in [-0.39, 0.29) is 0 Å². The number of aryl methyl sites for hydroxylation is 2. The first-order valence-electron chi connectivity index (χ1n) is 12.7. The lowest BCUT2D eigenvalue weighted by Gasteiger charge is -2.28. The van der Waals surface area contributed by atoms with E-state index in [4.69, 9.17) is 24.7 Å². The van der Waals surface area contributed by atoms with Gasteiger partial charge in [0.2, 0.25) is 5.95 Å². The number of para-hydroxylation sites is 2. The number of fused-ring (bicyclic) bond motifs is 4. The van der Waals surface area contributed by atoms with Crippen molar-refractivity contribution >= 4 is 28.0 Å². The van der Waals surface area contributed by atoms with Gasteiger partial charge < -0.3 is 19.5 Å². The number of nitrogens with zero attached hydrogens (tertiary/aromatic N) is 8. The standard InChI is InChI=1S/C25H31N9O/c1-3-20-27-18-6-4-5-7-19(18)34(20)25-29-23-22(24(30-25)32-8-10-35-11-9-32)28-21(31(23)2)15-33-14-16-12-17(33)13-26-16/h4-7,16-17,26H,3,8-15H2,1-2H3/t16-,17-/m0/s1. The maximum atomic E-state index is 5.64. The smallest absolute Gasteiger partial charge is 0.239 e. The molecule has 0 unspecified atom stereocenters. The minimum Gasteiger partial charge on any atom is -0.378 e. The molecule has 1 N–H and O–H groups in total. The zero-order valence-corrected chi connectivity index (χ0v) is 20.3. The van der Waals surface area contributed by atoms with E-state index in [2.05, 4.69) is 44.3 Å². The third kappa shape index (κ3) is 3.42. The second kappa shape index (κ2) is 8.25. The van der Waals surface area contributed by atoms with Gasteiger partial charge in [0.1, 0.15) is 11.6 Å². The molecule has 10 nitrogen and oxygen atoms in total. The summed E-state index contributed by atoms with van der Waals surface area (Å²) in [5, 5.41) is 3.60. The average molecular weight is 474 g/mol. The van der Waals surface area contributed by atoms with Crippen molar-refractivity contribution in [1.82, 2.24) is 39.3 Å². The summed E-state index contributed by atoms with van der Waals surface area (Å²) < 4.78 is 9.91. The van der Waals surface area contributed by atoms with Gasteiger partial charge in [0.05, 0.1) is 30.8 Å². The van der Waals surface area contributed by atoms with Gasteiger partial charge in [0, 0.05) is 51.7 Å². The predicted molar refractivity (Wildman–Crippen MR) is 134 cm³/mol. The molecule has 6 heterocycles. The van der Waals surface area contributed by atoms with Crippen LogP contribution < -0.4 is 10.2 Å². The molecular weight excluding hydrogens is 442 g/mol. The maximum Gasteiger partial charge on any atom is 0.239 e. The van der Waals surface area contributed by atoms with Crippen LogP contribution in [0.3, 0.4) is 0 Å². The largest absolute Gasteiger partial charge is 0.378 e. The fourth-order valence-corrected chi connectivity index (χ4v) is 5.88. The monoisotopic (exact) mass is 473 g/mol. The molecule has 7 rings (SSSR count). The lowest BCUT2D eigenvalue weighted by atomic mass is 10.2. The van der Waals surface area contributed by atoms with Gasteiger partial charge in [0.15, 0.2) is 17.0 Å². The molecule has 0 aliphatic carbocycles. The molecule has 0 saturated carbocycles. The highest BCUT2D eigenvalue weighted by Gasteiger charge is 2.38. The summed E-state index contributed by atoms with van der Waals surface area (Å²) in [6.07, 6.45) is 2.03. The van der Waals surface area contributed by atoms with Gasteiger partial charge in [-0.05, 0) is 18.6 Å². The molecule has 0 spiro atoms. The van der Waals surface area contributed by atoms with Crippen molar-refractivity contribution in [2.45, 2.75) is 38.4 Å². The molecule has 3 aliphatic heterocycles. The highest BCUT2D eigenvalue weighted by atomic mass is 16.5. The van der Waals surface area contributed by atoms with Crippen LogP contribution in [0.1, 0.15) is 25.0 Å². The number of rotatable bonds is 5. The van der Waals surface area contributed by atoms with Crippen molar-refractivity contribution in [2.75, 3.05) is 44.3 Å². The number of benzene rings is 1. The van der Waals surface area contributed by atoms with Crippen LogP contribution in [0.2, 0.25) is 0 Å². The van der Waals surface area contributed by atoms with E-state index < -0.39 is 0 Å². The molecule has 182 valence electrons. The molecule has 2 bridgehead atoms. The van der Waals surface area contributed by atoms with E-state index in [0.29, 0.717) is 31.2 Å². The summed E-state index contributed by atoms with van der Waals surface area (Å²) in [4.78, 5) is 25.1. The van der Waals surface area contributed by atoms with E-state index in [1.165, 1.54) is 6.42 Å². The zero-order valence-electron chi connectivity index (χ0n) is 20.3. The van der Waals surface area contributed by atoms with Gasteiger partial charge >= 0.3 is 0 Å². The minimum atomic E-state index is 0.601. The quantitative estimate of drug-likeness (QED) is 0.468. The van der Waals surface area contributed by atoms with E-state index >= 15 is 0 Å². The van der Waals surface area contributed by atoms with Crippen LogP contribution in [0.25, 0.3) is 28.1 Å². The van der Waals surface area contributed by atoms with Gasteiger partial charge in [-0.1, -0.05) is 19.1 Å². The Morgan fingerprint density at radius 1 is 1.06 bits per heavy atom. The average Bonchev–Trinajstić information content (AvgIpc) is 3.67. The molecule has 3 fully saturated rings. The van der Waals surface area contributed by atoms with E-state index in [9.17, 15) is 0 Å². The molecule has 4 aromatic rings. The van der Waals surface area contributed by atoms with Crippen molar-refractivity contribution in [3.63, 3.8) is 0 Å². The minimum absolute atomic E-state index is 0.601. The Bertz CT molecular complexity index is 1400. The Morgan fingerprint density at radius 3 is 2.69 bits per heavy atom. The molecule has 3 aromatic heterocycles. The zero-order chi connectivity index (χ0) is 23.5. The molecule has 3 aliphatic rings. The Balaban J connectivity index is 1.39. The Morgan fingerprint density at radius 2 is 1.91 bits per heavy atom. The number of anilines is 1. The van der Waals surface area contributed by atoms with Gasteiger partial charge in [0.25, 0.3) is 0 Å². The van der Waals surface area contributed by atoms with Gasteiger partial charge in [-0.2, -0.15) is 9.97 Å². The predicted octanol–water partition coefficient (Wildman–Crippen LogP) is 1.65. The summed E-state index contributed by atoms with van der Waals surface area (Å²) in [6, 6.07) is 9.43. The first-order valence-corrected chi connectivity index (χ1v) is 12.7. The summed E-state index contributed by atoms with van der Waals surface area (Å²) >= 11 is 0. The van der Waals surface area contributed by atoms with Gasteiger partial charge in [-0.3, -0.25) is 9.47 Å². The topological polar surface area (TPSA) is 89.2 Å². The van der Waals surface area contributed by atoms with Crippen molar-refractivity contribution in [3.8, 4) is 5.95 Å². The second-order valence-corrected chi connectivity index (χ2v) is 9.84. The molecule has 35 heavy (non-hydrogen) atoms. The van der Waals surface area contributed by atoms with Crippen molar-refractivity contribution in [2.24, 2.45) is 7.05 Å². The van der Waals surface area contributed by atoms with Crippen LogP contribution in [0.15, 0.2) is 24.3 Å². The van der Waals surface area contributed by atoms with Crippen LogP contribution in [-0.2, 0) is 24.8 Å². The van der Waals surface area contributed by atoms with Crippen LogP contribution in [-0.4, -0.2) is 85.4 Å². The lowest BCUT2D eigenvalue weighted by molar-refractivity contribution is 0.122. The number of aromatic nitrogens is 6. The highest BCUT2D eigenvalue weighted by Crippen LogP contribution is 2.30. The Hall–Kier alpha value is -3.08. The summed E-state index contributed by atoms with van der Waals surface area (Å²) in [5.74, 6) is 3.55. The van der Waals surface area contributed by atoms with Crippen molar-refractivity contribution < 1.29 is 4.74 Å². The molecule has 10 heteroatoms. The van der Waals surface area contributed by atoms with Crippen LogP contribution in [0.4, 0.5) is 5.82 Å². The van der Waals surface area contributed by atoms with E-state index in [1.54, 1.807) is 0 Å². The molecule has 0 radical (unpaired) electrons. The number of hydrogen-bond acceptors (Lipinski definition) is 8. The number of imidazole rings is 2. The van der Waals surface area contributed by atoms with Gasteiger partial charge in [-0.25, -0.2) is 9.97 Å². The second-order valence-electron chi connectivity index (χ2n) is 9.84. The third-order valence-corrected chi connectivity index (χ3v) is 7.75. The highest BCUT2D eigenvalue weighted by molar-refractivity contribution is 5.86.